The van der Waals surface area contributed by atoms with Crippen LogP contribution in [0.1, 0.15) is 27.2 Å². The summed E-state index contributed by atoms with van der Waals surface area (Å²) in [6, 6.07) is 5.39. The fraction of sp³-hybridized carbons (Fsp3) is 0.600. The van der Waals surface area contributed by atoms with Crippen molar-refractivity contribution in [2.45, 2.75) is 38.1 Å². The Kier molecular flexibility index (Phi) is 8.63. The number of amides is 2. The fourth-order valence-electron chi connectivity index (χ4n) is 3.30. The van der Waals surface area contributed by atoms with Crippen molar-refractivity contribution in [3.63, 3.8) is 0 Å². The molecular weight excluding hydrogens is 408 g/mol. The molecule has 1 fully saturated rings. The molecule has 0 aromatic heterocycles. The maximum absolute atomic E-state index is 13.0. The van der Waals surface area contributed by atoms with E-state index in [0.29, 0.717) is 38.3 Å². The highest BCUT2D eigenvalue weighted by Crippen LogP contribution is 2.21. The highest BCUT2D eigenvalue weighted by molar-refractivity contribution is 7.89. The van der Waals surface area contributed by atoms with Crippen LogP contribution in [0.4, 0.5) is 10.5 Å². The molecule has 30 heavy (non-hydrogen) atoms. The van der Waals surface area contributed by atoms with E-state index >= 15 is 0 Å². The number of nitrogens with one attached hydrogen (secondary N) is 2. The number of rotatable bonds is 8. The van der Waals surface area contributed by atoms with E-state index in [0.717, 1.165) is 6.54 Å². The number of carbonyl (C=O) groups excluding carboxylic acids is 2. The highest BCUT2D eigenvalue weighted by atomic mass is 32.2. The molecule has 0 radical (unpaired) electrons. The molecule has 1 aliphatic heterocycles. The van der Waals surface area contributed by atoms with Crippen LogP contribution in [0.25, 0.3) is 0 Å². The smallest absolute Gasteiger partial charge is 0.407 e. The van der Waals surface area contributed by atoms with Crippen molar-refractivity contribution in [1.82, 2.24) is 14.5 Å². The molecule has 0 saturated carbocycles. The van der Waals surface area contributed by atoms with Gasteiger partial charge in [-0.2, -0.15) is 4.31 Å². The Hall–Kier alpha value is -2.17. The van der Waals surface area contributed by atoms with Gasteiger partial charge in [0.05, 0.1) is 12.0 Å². The average molecular weight is 441 g/mol. The van der Waals surface area contributed by atoms with Crippen LogP contribution in [0.15, 0.2) is 29.2 Å². The molecule has 1 unspecified atom stereocenters. The van der Waals surface area contributed by atoms with Crippen LogP contribution in [0, 0.1) is 5.92 Å². The molecule has 2 rings (SSSR count). The lowest BCUT2D eigenvalue weighted by molar-refractivity contribution is -0.118. The van der Waals surface area contributed by atoms with Crippen LogP contribution >= 0.6 is 0 Å². The van der Waals surface area contributed by atoms with Crippen LogP contribution in [0.3, 0.4) is 0 Å². The van der Waals surface area contributed by atoms with Gasteiger partial charge in [0.1, 0.15) is 6.04 Å². The van der Waals surface area contributed by atoms with E-state index in [-0.39, 0.29) is 10.8 Å². The summed E-state index contributed by atoms with van der Waals surface area (Å²) in [5, 5.41) is 5.23. The lowest BCUT2D eigenvalue weighted by Crippen LogP contribution is -2.48. The third-order valence-corrected chi connectivity index (χ3v) is 6.91. The monoisotopic (exact) mass is 440 g/mol. The number of nitrogens with zero attached hydrogens (tertiary/aromatic N) is 2. The van der Waals surface area contributed by atoms with Crippen LogP contribution in [0.5, 0.6) is 0 Å². The van der Waals surface area contributed by atoms with Crippen LogP contribution in [0.2, 0.25) is 0 Å². The molecule has 1 aromatic carbocycles. The first kappa shape index (κ1) is 24.1. The van der Waals surface area contributed by atoms with E-state index in [1.165, 1.54) is 23.5 Å². The van der Waals surface area contributed by atoms with Gasteiger partial charge in [-0.3, -0.25) is 4.79 Å². The van der Waals surface area contributed by atoms with Gasteiger partial charge in [-0.25, -0.2) is 13.2 Å². The molecule has 2 N–H and O–H groups in total. The standard InChI is InChI=1S/C20H32N4O5S/c1-5-23-9-11-24(12-10-23)30(27,28)17-8-6-7-16(14-17)21-19(25)18(13-15(2)3)22-20(26)29-4/h6-8,14-15,18H,5,9-13H2,1-4H3,(H,21,25)(H,22,26). The summed E-state index contributed by atoms with van der Waals surface area (Å²) in [4.78, 5) is 26.6. The van der Waals surface area contributed by atoms with Crippen molar-refractivity contribution in [3.05, 3.63) is 24.3 Å². The molecule has 1 atom stereocenters. The molecule has 1 aromatic rings. The maximum Gasteiger partial charge on any atom is 0.407 e. The van der Waals surface area contributed by atoms with Gasteiger partial charge in [-0.05, 0) is 37.1 Å². The Balaban J connectivity index is 2.13. The minimum absolute atomic E-state index is 0.131. The van der Waals surface area contributed by atoms with E-state index in [1.807, 2.05) is 13.8 Å². The zero-order valence-corrected chi connectivity index (χ0v) is 18.9. The fourth-order valence-corrected chi connectivity index (χ4v) is 4.77. The number of methoxy groups -OCH3 is 1. The Morgan fingerprint density at radius 3 is 2.40 bits per heavy atom. The third kappa shape index (κ3) is 6.41. The molecular formula is C20H32N4O5S. The summed E-state index contributed by atoms with van der Waals surface area (Å²) >= 11 is 0. The number of hydrogen-bond acceptors (Lipinski definition) is 6. The van der Waals surface area contributed by atoms with Gasteiger partial charge in [-0.15, -0.1) is 0 Å². The van der Waals surface area contributed by atoms with Crippen molar-refractivity contribution >= 4 is 27.7 Å². The SMILES string of the molecule is CCN1CCN(S(=O)(=O)c2cccc(NC(=O)C(CC(C)C)NC(=O)OC)c2)CC1. The molecule has 1 heterocycles. The predicted octanol–water partition coefficient (Wildman–Crippen LogP) is 1.72. The molecule has 1 saturated heterocycles. The van der Waals surface area contributed by atoms with E-state index in [4.69, 9.17) is 0 Å². The van der Waals surface area contributed by atoms with Gasteiger partial charge >= 0.3 is 6.09 Å². The molecule has 0 aliphatic carbocycles. The number of ether oxygens (including phenoxy) is 1. The van der Waals surface area contributed by atoms with Gasteiger partial charge < -0.3 is 20.3 Å². The summed E-state index contributed by atoms with van der Waals surface area (Å²) < 4.78 is 32.1. The largest absolute Gasteiger partial charge is 0.453 e. The molecule has 0 bridgehead atoms. The molecule has 168 valence electrons. The normalized spacial score (nSPS) is 16.8. The van der Waals surface area contributed by atoms with Crippen LogP contribution in [-0.2, 0) is 19.6 Å². The molecule has 0 spiro atoms. The van der Waals surface area contributed by atoms with Gasteiger partial charge in [-0.1, -0.05) is 26.8 Å². The lowest BCUT2D eigenvalue weighted by Gasteiger charge is -2.33. The quantitative estimate of drug-likeness (QED) is 0.637. The van der Waals surface area contributed by atoms with E-state index in [2.05, 4.69) is 27.2 Å². The number of likely N-dealkylation sites (N-methyl/N-ethyl adjacent to an activating group) is 1. The minimum Gasteiger partial charge on any atom is -0.453 e. The second kappa shape index (κ2) is 10.7. The summed E-state index contributed by atoms with van der Waals surface area (Å²) in [5.74, 6) is -0.272. The lowest BCUT2D eigenvalue weighted by atomic mass is 10.0. The Bertz CT molecular complexity index is 835. The third-order valence-electron chi connectivity index (χ3n) is 5.02. The van der Waals surface area contributed by atoms with Gasteiger partial charge in [0, 0.05) is 31.9 Å². The predicted molar refractivity (Wildman–Crippen MR) is 115 cm³/mol. The average Bonchev–Trinajstić information content (AvgIpc) is 2.73. The second-order valence-electron chi connectivity index (χ2n) is 7.67. The number of piperazine rings is 1. The number of sulfonamides is 1. The van der Waals surface area contributed by atoms with Crippen molar-refractivity contribution in [2.75, 3.05) is 45.2 Å². The first-order valence-electron chi connectivity index (χ1n) is 10.1. The molecule has 1 aliphatic rings. The van der Waals surface area contributed by atoms with Crippen LogP contribution < -0.4 is 10.6 Å². The number of benzene rings is 1. The summed E-state index contributed by atoms with van der Waals surface area (Å²) in [7, 11) is -2.42. The number of alkyl carbamates (subject to hydrolysis) is 1. The zero-order valence-electron chi connectivity index (χ0n) is 18.1. The van der Waals surface area contributed by atoms with Gasteiger partial charge in [0.2, 0.25) is 15.9 Å². The van der Waals surface area contributed by atoms with Crippen molar-refractivity contribution in [1.29, 1.82) is 0 Å². The molecule has 9 nitrogen and oxygen atoms in total. The summed E-state index contributed by atoms with van der Waals surface area (Å²) in [6.45, 7) is 9.09. The van der Waals surface area contributed by atoms with Crippen LogP contribution in [-0.4, -0.2) is 75.5 Å². The minimum atomic E-state index is -3.65. The Labute approximate surface area is 178 Å². The number of hydrogen-bond donors (Lipinski definition) is 2. The topological polar surface area (TPSA) is 108 Å². The van der Waals surface area contributed by atoms with Crippen molar-refractivity contribution in [2.24, 2.45) is 5.92 Å². The van der Waals surface area contributed by atoms with Crippen molar-refractivity contribution in [3.8, 4) is 0 Å². The Morgan fingerprint density at radius 1 is 1.17 bits per heavy atom. The zero-order chi connectivity index (χ0) is 22.3. The first-order chi connectivity index (χ1) is 14.2. The Morgan fingerprint density at radius 2 is 1.83 bits per heavy atom. The highest BCUT2D eigenvalue weighted by Gasteiger charge is 2.28. The van der Waals surface area contributed by atoms with E-state index in [1.54, 1.807) is 12.1 Å². The van der Waals surface area contributed by atoms with Gasteiger partial charge in [0.15, 0.2) is 0 Å². The number of anilines is 1. The summed E-state index contributed by atoms with van der Waals surface area (Å²) in [5.41, 5.74) is 0.355. The van der Waals surface area contributed by atoms with E-state index in [9.17, 15) is 18.0 Å². The second-order valence-corrected chi connectivity index (χ2v) is 9.61. The molecule has 2 amide bonds. The summed E-state index contributed by atoms with van der Waals surface area (Å²) in [6.07, 6.45) is -0.279. The van der Waals surface area contributed by atoms with Gasteiger partial charge in [0.25, 0.3) is 0 Å². The number of carbonyl (C=O) groups is 2. The van der Waals surface area contributed by atoms with Crippen molar-refractivity contribution < 1.29 is 22.7 Å². The first-order valence-corrected chi connectivity index (χ1v) is 11.6. The molecule has 10 heteroatoms. The maximum atomic E-state index is 13.0. The van der Waals surface area contributed by atoms with E-state index < -0.39 is 28.1 Å².